The third kappa shape index (κ3) is 3.00. The number of nitrogens with one attached hydrogen (secondary N) is 1. The van der Waals surface area contributed by atoms with E-state index in [1.807, 2.05) is 19.1 Å². The number of fused-ring (bicyclic) bond motifs is 1. The van der Waals surface area contributed by atoms with E-state index >= 15 is 0 Å². The number of aryl methyl sites for hydroxylation is 1. The van der Waals surface area contributed by atoms with Crippen LogP contribution in [0, 0.1) is 13.8 Å². The molecule has 0 saturated heterocycles. The van der Waals surface area contributed by atoms with Crippen molar-refractivity contribution in [3.05, 3.63) is 57.1 Å². The molecule has 120 valence electrons. The maximum absolute atomic E-state index is 12.3. The fourth-order valence-corrected chi connectivity index (χ4v) is 3.51. The number of ether oxygens (including phenoxy) is 1. The maximum Gasteiger partial charge on any atom is 0.225 e. The van der Waals surface area contributed by atoms with Gasteiger partial charge >= 0.3 is 0 Å². The van der Waals surface area contributed by atoms with Gasteiger partial charge in [-0.1, -0.05) is 28.1 Å². The van der Waals surface area contributed by atoms with Crippen molar-refractivity contribution in [2.75, 3.05) is 11.9 Å². The zero-order valence-electron chi connectivity index (χ0n) is 13.6. The minimum absolute atomic E-state index is 0.0112. The SMILES string of the molecule is CCOc1ccc(Br)cc1C1CC(=O)Nc2c1ccc(C)c2C. The van der Waals surface area contributed by atoms with Crippen molar-refractivity contribution in [2.45, 2.75) is 33.1 Å². The number of hydrogen-bond donors (Lipinski definition) is 1. The first-order valence-corrected chi connectivity index (χ1v) is 8.62. The molecule has 1 N–H and O–H groups in total. The Morgan fingerprint density at radius 2 is 2.00 bits per heavy atom. The highest BCUT2D eigenvalue weighted by Crippen LogP contribution is 2.43. The van der Waals surface area contributed by atoms with Gasteiger partial charge in [-0.25, -0.2) is 0 Å². The first kappa shape index (κ1) is 16.1. The molecule has 1 amide bonds. The molecule has 23 heavy (non-hydrogen) atoms. The molecule has 1 aliphatic rings. The summed E-state index contributed by atoms with van der Waals surface area (Å²) < 4.78 is 6.79. The molecule has 0 aliphatic carbocycles. The third-order valence-electron chi connectivity index (χ3n) is 4.44. The van der Waals surface area contributed by atoms with Gasteiger partial charge in [-0.3, -0.25) is 4.79 Å². The van der Waals surface area contributed by atoms with E-state index in [9.17, 15) is 4.79 Å². The van der Waals surface area contributed by atoms with Crippen LogP contribution in [0.4, 0.5) is 5.69 Å². The van der Waals surface area contributed by atoms with Crippen LogP contribution in [0.2, 0.25) is 0 Å². The summed E-state index contributed by atoms with van der Waals surface area (Å²) in [6, 6.07) is 10.2. The molecule has 1 unspecified atom stereocenters. The highest BCUT2D eigenvalue weighted by molar-refractivity contribution is 9.10. The van der Waals surface area contributed by atoms with E-state index in [0.29, 0.717) is 13.0 Å². The van der Waals surface area contributed by atoms with E-state index < -0.39 is 0 Å². The summed E-state index contributed by atoms with van der Waals surface area (Å²) in [5.74, 6) is 0.912. The number of carbonyl (C=O) groups is 1. The summed E-state index contributed by atoms with van der Waals surface area (Å²) in [5, 5.41) is 3.04. The van der Waals surface area contributed by atoms with E-state index in [1.165, 1.54) is 5.56 Å². The summed E-state index contributed by atoms with van der Waals surface area (Å²) in [7, 11) is 0. The topological polar surface area (TPSA) is 38.3 Å². The van der Waals surface area contributed by atoms with Crippen LogP contribution in [0.1, 0.15) is 41.5 Å². The molecule has 0 fully saturated rings. The van der Waals surface area contributed by atoms with Crippen LogP contribution in [-0.2, 0) is 4.79 Å². The van der Waals surface area contributed by atoms with Crippen molar-refractivity contribution in [1.29, 1.82) is 0 Å². The van der Waals surface area contributed by atoms with Crippen molar-refractivity contribution in [3.8, 4) is 5.75 Å². The molecular formula is C19H20BrNO2. The van der Waals surface area contributed by atoms with Crippen molar-refractivity contribution >= 4 is 27.5 Å². The molecule has 4 heteroatoms. The Morgan fingerprint density at radius 1 is 1.22 bits per heavy atom. The molecule has 0 radical (unpaired) electrons. The van der Waals surface area contributed by atoms with Gasteiger partial charge in [0, 0.05) is 28.1 Å². The first-order chi connectivity index (χ1) is 11.0. The number of carbonyl (C=O) groups excluding carboxylic acids is 1. The minimum atomic E-state index is 0.0112. The van der Waals surface area contributed by atoms with Crippen LogP contribution in [0.25, 0.3) is 0 Å². The minimum Gasteiger partial charge on any atom is -0.494 e. The van der Waals surface area contributed by atoms with Crippen LogP contribution in [0.5, 0.6) is 5.75 Å². The molecule has 0 saturated carbocycles. The predicted octanol–water partition coefficient (Wildman–Crippen LogP) is 4.94. The Bertz CT molecular complexity index is 770. The van der Waals surface area contributed by atoms with Crippen molar-refractivity contribution in [1.82, 2.24) is 0 Å². The molecule has 3 nitrogen and oxygen atoms in total. The summed E-state index contributed by atoms with van der Waals surface area (Å²) in [4.78, 5) is 12.3. The lowest BCUT2D eigenvalue weighted by molar-refractivity contribution is -0.116. The quantitative estimate of drug-likeness (QED) is 0.827. The highest BCUT2D eigenvalue weighted by Gasteiger charge is 2.30. The zero-order chi connectivity index (χ0) is 16.6. The predicted molar refractivity (Wildman–Crippen MR) is 96.3 cm³/mol. The molecule has 2 aromatic rings. The average molecular weight is 374 g/mol. The first-order valence-electron chi connectivity index (χ1n) is 7.83. The van der Waals surface area contributed by atoms with Gasteiger partial charge in [-0.05, 0) is 55.7 Å². The maximum atomic E-state index is 12.3. The van der Waals surface area contributed by atoms with Crippen molar-refractivity contribution < 1.29 is 9.53 Å². The van der Waals surface area contributed by atoms with Crippen LogP contribution >= 0.6 is 15.9 Å². The standard InChI is InChI=1S/C19H20BrNO2/c1-4-23-17-8-6-13(20)9-16(17)15-10-18(22)21-19-12(3)11(2)5-7-14(15)19/h5-9,15H,4,10H2,1-3H3,(H,21,22). The normalized spacial score (nSPS) is 16.7. The smallest absolute Gasteiger partial charge is 0.225 e. The van der Waals surface area contributed by atoms with Crippen LogP contribution < -0.4 is 10.1 Å². The monoisotopic (exact) mass is 373 g/mol. The Hall–Kier alpha value is -1.81. The fourth-order valence-electron chi connectivity index (χ4n) is 3.13. The van der Waals surface area contributed by atoms with E-state index in [2.05, 4.69) is 53.3 Å². The van der Waals surface area contributed by atoms with Crippen molar-refractivity contribution in [2.24, 2.45) is 0 Å². The lowest BCUT2D eigenvalue weighted by Gasteiger charge is -2.29. The van der Waals surface area contributed by atoms with Crippen LogP contribution in [-0.4, -0.2) is 12.5 Å². The van der Waals surface area contributed by atoms with Gasteiger partial charge in [-0.15, -0.1) is 0 Å². The Morgan fingerprint density at radius 3 is 2.74 bits per heavy atom. The van der Waals surface area contributed by atoms with E-state index in [0.717, 1.165) is 32.6 Å². The molecule has 1 aliphatic heterocycles. The fraction of sp³-hybridized carbons (Fsp3) is 0.316. The Balaban J connectivity index is 2.17. The highest BCUT2D eigenvalue weighted by atomic mass is 79.9. The Labute approximate surface area is 145 Å². The van der Waals surface area contributed by atoms with E-state index in [4.69, 9.17) is 4.74 Å². The summed E-state index contributed by atoms with van der Waals surface area (Å²) in [6.45, 7) is 6.70. The van der Waals surface area contributed by atoms with Crippen molar-refractivity contribution in [3.63, 3.8) is 0 Å². The van der Waals surface area contributed by atoms with E-state index in [-0.39, 0.29) is 11.8 Å². The van der Waals surface area contributed by atoms with Crippen LogP contribution in [0.15, 0.2) is 34.8 Å². The van der Waals surface area contributed by atoms with Gasteiger partial charge in [0.15, 0.2) is 0 Å². The number of halogens is 1. The molecule has 1 heterocycles. The number of anilines is 1. The van der Waals surface area contributed by atoms with Gasteiger partial charge in [0.1, 0.15) is 5.75 Å². The lowest BCUT2D eigenvalue weighted by atomic mass is 9.82. The van der Waals surface area contributed by atoms with Crippen LogP contribution in [0.3, 0.4) is 0 Å². The number of benzene rings is 2. The summed E-state index contributed by atoms with van der Waals surface area (Å²) in [5.41, 5.74) is 5.48. The van der Waals surface area contributed by atoms with Gasteiger partial charge in [-0.2, -0.15) is 0 Å². The van der Waals surface area contributed by atoms with Gasteiger partial charge in [0.05, 0.1) is 6.61 Å². The largest absolute Gasteiger partial charge is 0.494 e. The number of hydrogen-bond acceptors (Lipinski definition) is 2. The average Bonchev–Trinajstić information content (AvgIpc) is 2.52. The molecule has 0 bridgehead atoms. The Kier molecular flexibility index (Phi) is 4.44. The second-order valence-electron chi connectivity index (χ2n) is 5.89. The van der Waals surface area contributed by atoms with Gasteiger partial charge < -0.3 is 10.1 Å². The third-order valence-corrected chi connectivity index (χ3v) is 4.94. The number of amides is 1. The molecule has 1 atom stereocenters. The molecule has 2 aromatic carbocycles. The molecule has 0 spiro atoms. The van der Waals surface area contributed by atoms with E-state index in [1.54, 1.807) is 0 Å². The summed E-state index contributed by atoms with van der Waals surface area (Å²) in [6.07, 6.45) is 0.437. The zero-order valence-corrected chi connectivity index (χ0v) is 15.2. The second-order valence-corrected chi connectivity index (χ2v) is 6.81. The molecular weight excluding hydrogens is 354 g/mol. The number of rotatable bonds is 3. The van der Waals surface area contributed by atoms with Gasteiger partial charge in [0.2, 0.25) is 5.91 Å². The molecule has 3 rings (SSSR count). The lowest BCUT2D eigenvalue weighted by Crippen LogP contribution is -2.25. The second kappa shape index (κ2) is 6.36. The summed E-state index contributed by atoms with van der Waals surface area (Å²) >= 11 is 3.54. The van der Waals surface area contributed by atoms with Gasteiger partial charge in [0.25, 0.3) is 0 Å². The molecule has 0 aromatic heterocycles.